The van der Waals surface area contributed by atoms with Crippen molar-refractivity contribution in [3.63, 3.8) is 0 Å². The first-order chi connectivity index (χ1) is 19.7. The van der Waals surface area contributed by atoms with Gasteiger partial charge in [-0.15, -0.1) is 0 Å². The minimum absolute atomic E-state index is 0.00132. The van der Waals surface area contributed by atoms with Crippen LogP contribution >= 0.6 is 0 Å². The number of carboxylic acids is 1. The van der Waals surface area contributed by atoms with E-state index < -0.39 is 59.8 Å². The van der Waals surface area contributed by atoms with Gasteiger partial charge in [-0.05, 0) is 55.9 Å². The van der Waals surface area contributed by atoms with Crippen LogP contribution in [0.2, 0.25) is 0 Å². The quantitative estimate of drug-likeness (QED) is 0.158. The Morgan fingerprint density at radius 2 is 1.50 bits per heavy atom. The van der Waals surface area contributed by atoms with E-state index in [2.05, 4.69) is 21.3 Å². The van der Waals surface area contributed by atoms with Crippen molar-refractivity contribution in [1.82, 2.24) is 21.3 Å². The van der Waals surface area contributed by atoms with E-state index in [9.17, 15) is 34.2 Å². The number of hydrogen-bond donors (Lipinski definition) is 7. The van der Waals surface area contributed by atoms with Gasteiger partial charge in [-0.1, -0.05) is 56.3 Å². The lowest BCUT2D eigenvalue weighted by Crippen LogP contribution is -2.62. The maximum absolute atomic E-state index is 13.3. The molecule has 12 nitrogen and oxygen atoms in total. The van der Waals surface area contributed by atoms with Crippen molar-refractivity contribution in [1.29, 1.82) is 0 Å². The lowest BCUT2D eigenvalue weighted by molar-refractivity contribution is -0.143. The van der Waals surface area contributed by atoms with E-state index in [0.29, 0.717) is 0 Å². The van der Waals surface area contributed by atoms with Gasteiger partial charge in [0.25, 0.3) is 0 Å². The molecule has 4 amide bonds. The van der Waals surface area contributed by atoms with E-state index in [-0.39, 0.29) is 30.9 Å². The van der Waals surface area contributed by atoms with Crippen LogP contribution in [0.5, 0.6) is 5.75 Å². The summed E-state index contributed by atoms with van der Waals surface area (Å²) in [6, 6.07) is 12.0. The van der Waals surface area contributed by atoms with Gasteiger partial charge in [0, 0.05) is 6.42 Å². The molecule has 0 saturated carbocycles. The summed E-state index contributed by atoms with van der Waals surface area (Å²) in [7, 11) is 0. The van der Waals surface area contributed by atoms with Gasteiger partial charge in [0.15, 0.2) is 0 Å². The Hall–Kier alpha value is -4.45. The van der Waals surface area contributed by atoms with E-state index in [4.69, 9.17) is 5.73 Å². The molecule has 0 heterocycles. The molecule has 0 spiro atoms. The first-order valence-corrected chi connectivity index (χ1v) is 13.7. The Bertz CT molecular complexity index is 1240. The van der Waals surface area contributed by atoms with Gasteiger partial charge < -0.3 is 37.2 Å². The molecule has 0 aliphatic carbocycles. The molecular weight excluding hydrogens is 542 g/mol. The Morgan fingerprint density at radius 1 is 0.881 bits per heavy atom. The van der Waals surface area contributed by atoms with Crippen LogP contribution in [-0.2, 0) is 36.8 Å². The zero-order chi connectivity index (χ0) is 31.4. The number of benzene rings is 2. The molecule has 0 aliphatic rings. The minimum atomic E-state index is -1.53. The fourth-order valence-corrected chi connectivity index (χ4v) is 4.23. The van der Waals surface area contributed by atoms with Crippen LogP contribution in [0.3, 0.4) is 0 Å². The van der Waals surface area contributed by atoms with Gasteiger partial charge in [0.2, 0.25) is 23.6 Å². The summed E-state index contributed by atoms with van der Waals surface area (Å²) >= 11 is 0. The number of amides is 4. The zero-order valence-electron chi connectivity index (χ0n) is 24.3. The molecule has 0 saturated heterocycles. The number of carbonyl (C=O) groups is 5. The maximum atomic E-state index is 13.3. The van der Waals surface area contributed by atoms with Crippen LogP contribution in [0, 0.1) is 5.92 Å². The second-order valence-electron chi connectivity index (χ2n) is 11.0. The van der Waals surface area contributed by atoms with Crippen LogP contribution in [0.25, 0.3) is 0 Å². The molecule has 228 valence electrons. The number of rotatable bonds is 15. The molecule has 8 N–H and O–H groups in total. The summed E-state index contributed by atoms with van der Waals surface area (Å²) in [5, 5.41) is 29.1. The van der Waals surface area contributed by atoms with E-state index in [1.165, 1.54) is 26.0 Å². The molecule has 0 fully saturated rings. The number of carboxylic acid groups (broad SMARTS) is 1. The number of hydrogen-bond acceptors (Lipinski definition) is 7. The van der Waals surface area contributed by atoms with Crippen molar-refractivity contribution in [2.45, 2.75) is 70.6 Å². The largest absolute Gasteiger partial charge is 0.508 e. The topological polar surface area (TPSA) is 200 Å². The van der Waals surface area contributed by atoms with Gasteiger partial charge in [-0.2, -0.15) is 0 Å². The van der Waals surface area contributed by atoms with Gasteiger partial charge in [0.05, 0.1) is 12.6 Å². The first kappa shape index (κ1) is 33.8. The van der Waals surface area contributed by atoms with E-state index >= 15 is 0 Å². The van der Waals surface area contributed by atoms with Crippen LogP contribution in [0.4, 0.5) is 0 Å². The maximum Gasteiger partial charge on any atom is 0.326 e. The lowest BCUT2D eigenvalue weighted by Gasteiger charge is -2.31. The molecule has 12 heteroatoms. The second-order valence-corrected chi connectivity index (χ2v) is 11.0. The third-order valence-electron chi connectivity index (χ3n) is 6.53. The second kappa shape index (κ2) is 15.5. The Kier molecular flexibility index (Phi) is 12.5. The summed E-state index contributed by atoms with van der Waals surface area (Å²) in [6.07, 6.45) is 0.457. The highest BCUT2D eigenvalue weighted by Gasteiger charge is 2.37. The number of nitrogens with one attached hydrogen (secondary N) is 4. The highest BCUT2D eigenvalue weighted by molar-refractivity contribution is 5.95. The van der Waals surface area contributed by atoms with Crippen LogP contribution in [0.15, 0.2) is 54.6 Å². The molecule has 0 aromatic heterocycles. The Morgan fingerprint density at radius 3 is 2.07 bits per heavy atom. The molecule has 42 heavy (non-hydrogen) atoms. The number of phenols is 1. The molecule has 2 aromatic rings. The molecule has 0 unspecified atom stereocenters. The average Bonchev–Trinajstić information content (AvgIpc) is 2.92. The van der Waals surface area contributed by atoms with E-state index in [1.54, 1.807) is 42.5 Å². The molecule has 2 aromatic carbocycles. The number of phenolic OH excluding ortho intramolecular Hbond substituents is 1. The zero-order valence-corrected chi connectivity index (χ0v) is 24.3. The van der Waals surface area contributed by atoms with Crippen LogP contribution < -0.4 is 27.0 Å². The van der Waals surface area contributed by atoms with Crippen molar-refractivity contribution in [3.8, 4) is 5.75 Å². The van der Waals surface area contributed by atoms with Gasteiger partial charge in [-0.3, -0.25) is 19.2 Å². The van der Waals surface area contributed by atoms with Crippen molar-refractivity contribution < 1.29 is 34.2 Å². The third-order valence-corrected chi connectivity index (χ3v) is 6.53. The minimum Gasteiger partial charge on any atom is -0.508 e. The predicted molar refractivity (Wildman–Crippen MR) is 156 cm³/mol. The molecule has 0 bridgehead atoms. The summed E-state index contributed by atoms with van der Waals surface area (Å²) < 4.78 is 0. The van der Waals surface area contributed by atoms with Crippen LogP contribution in [-0.4, -0.2) is 70.0 Å². The molecule has 0 aliphatic heterocycles. The molecular formula is C30H41N5O7. The van der Waals surface area contributed by atoms with Crippen molar-refractivity contribution in [3.05, 3.63) is 65.7 Å². The SMILES string of the molecule is CC(C)C[C@@H](NC(=O)[C@](C)(Cc1ccccc1)NC(=O)CNC(=O)[C@H](C)NC(=O)[C@@H](N)Cc1ccc(O)cc1)C(=O)O. The lowest BCUT2D eigenvalue weighted by atomic mass is 9.90. The fourth-order valence-electron chi connectivity index (χ4n) is 4.23. The summed E-state index contributed by atoms with van der Waals surface area (Å²) in [5.41, 5.74) is 5.88. The summed E-state index contributed by atoms with van der Waals surface area (Å²) in [6.45, 7) is 6.10. The van der Waals surface area contributed by atoms with E-state index in [1.807, 2.05) is 13.8 Å². The van der Waals surface area contributed by atoms with Gasteiger partial charge >= 0.3 is 5.97 Å². The van der Waals surface area contributed by atoms with E-state index in [0.717, 1.165) is 11.1 Å². The fraction of sp³-hybridized carbons (Fsp3) is 0.433. The highest BCUT2D eigenvalue weighted by atomic mass is 16.4. The Labute approximate surface area is 245 Å². The summed E-state index contributed by atoms with van der Waals surface area (Å²) in [4.78, 5) is 63.0. The average molecular weight is 584 g/mol. The number of carbonyl (C=O) groups excluding carboxylic acids is 4. The van der Waals surface area contributed by atoms with Crippen molar-refractivity contribution in [2.24, 2.45) is 11.7 Å². The van der Waals surface area contributed by atoms with Crippen LogP contribution in [0.1, 0.15) is 45.2 Å². The third kappa shape index (κ3) is 10.8. The summed E-state index contributed by atoms with van der Waals surface area (Å²) in [5.74, 6) is -3.68. The highest BCUT2D eigenvalue weighted by Crippen LogP contribution is 2.16. The Balaban J connectivity index is 2.00. The van der Waals surface area contributed by atoms with Gasteiger partial charge in [-0.25, -0.2) is 4.79 Å². The standard InChI is InChI=1S/C30H41N5O7/c1-18(2)14-24(28(40)41)34-29(42)30(4,16-21-8-6-5-7-9-21)35-25(37)17-32-26(38)19(3)33-27(39)23(31)15-20-10-12-22(36)13-11-20/h5-13,18-19,23-24,36H,14-17,31H2,1-4H3,(H,32,38)(H,33,39)(H,34,42)(H,35,37)(H,40,41)/t19-,23-,24+,30-/m0/s1. The molecule has 4 atom stereocenters. The predicted octanol–water partition coefficient (Wildman–Crippen LogP) is 0.616. The number of aromatic hydroxyl groups is 1. The first-order valence-electron chi connectivity index (χ1n) is 13.7. The molecule has 2 rings (SSSR count). The van der Waals surface area contributed by atoms with Crippen molar-refractivity contribution >= 4 is 29.6 Å². The normalized spacial score (nSPS) is 14.5. The molecule has 0 radical (unpaired) electrons. The smallest absolute Gasteiger partial charge is 0.326 e. The monoisotopic (exact) mass is 583 g/mol. The number of nitrogens with two attached hydrogens (primary N) is 1. The van der Waals surface area contributed by atoms with Crippen molar-refractivity contribution in [2.75, 3.05) is 6.54 Å². The number of aliphatic carboxylic acids is 1. The van der Waals surface area contributed by atoms with Gasteiger partial charge in [0.1, 0.15) is 23.4 Å².